The summed E-state index contributed by atoms with van der Waals surface area (Å²) >= 11 is 0. The summed E-state index contributed by atoms with van der Waals surface area (Å²) in [4.78, 5) is 19.8. The second-order valence-corrected chi connectivity index (χ2v) is 11.5. The van der Waals surface area contributed by atoms with E-state index in [0.29, 0.717) is 53.4 Å². The molecule has 4 aromatic heterocycles. The quantitative estimate of drug-likeness (QED) is 0.220. The summed E-state index contributed by atoms with van der Waals surface area (Å²) in [6, 6.07) is 9.19. The molecule has 13 heteroatoms. The molecular weight excluding hydrogens is 570 g/mol. The van der Waals surface area contributed by atoms with E-state index in [1.54, 1.807) is 16.8 Å². The van der Waals surface area contributed by atoms with Crippen LogP contribution in [0.25, 0.3) is 33.7 Å². The van der Waals surface area contributed by atoms with Gasteiger partial charge in [0.15, 0.2) is 0 Å². The SMILES string of the molecule is CCc1nn(-c2noc(C3CC(=O)C3)n2)c2cc(F)ccc12.CCc1nn(-c2noc(C3CC(C)C3)n2)c2cc(F)ccc12. The highest BCUT2D eigenvalue weighted by atomic mass is 19.1. The first-order chi connectivity index (χ1) is 21.3. The van der Waals surface area contributed by atoms with Crippen LogP contribution >= 0.6 is 0 Å². The van der Waals surface area contributed by atoms with Crippen molar-refractivity contribution in [3.05, 3.63) is 71.2 Å². The number of halogens is 2. The number of aryl methyl sites for hydroxylation is 2. The van der Waals surface area contributed by atoms with Crippen molar-refractivity contribution in [2.45, 2.75) is 71.1 Å². The van der Waals surface area contributed by atoms with Crippen molar-refractivity contribution in [1.29, 1.82) is 0 Å². The topological polar surface area (TPSA) is 131 Å². The maximum atomic E-state index is 13.6. The van der Waals surface area contributed by atoms with Crippen LogP contribution in [0.4, 0.5) is 8.78 Å². The molecule has 0 N–H and O–H groups in total. The number of rotatable bonds is 6. The Bertz CT molecular complexity index is 1990. The lowest BCUT2D eigenvalue weighted by Crippen LogP contribution is -2.21. The van der Waals surface area contributed by atoms with E-state index in [-0.39, 0.29) is 29.3 Å². The number of nitrogens with zero attached hydrogens (tertiary/aromatic N) is 8. The minimum atomic E-state index is -0.343. The molecular formula is C31H30F2N8O3. The Labute approximate surface area is 250 Å². The number of ketones is 1. The fourth-order valence-corrected chi connectivity index (χ4v) is 5.86. The zero-order chi connectivity index (χ0) is 30.5. The molecule has 2 aromatic carbocycles. The number of carbonyl (C=O) groups excluding carboxylic acids is 1. The molecule has 2 aliphatic rings. The van der Waals surface area contributed by atoms with Crippen LogP contribution in [-0.4, -0.2) is 45.6 Å². The molecule has 11 nitrogen and oxygen atoms in total. The Morgan fingerprint density at radius 2 is 1.25 bits per heavy atom. The van der Waals surface area contributed by atoms with Crippen molar-refractivity contribution in [3.8, 4) is 11.9 Å². The van der Waals surface area contributed by atoms with Crippen molar-refractivity contribution in [3.63, 3.8) is 0 Å². The first kappa shape index (κ1) is 28.0. The maximum Gasteiger partial charge on any atom is 0.291 e. The van der Waals surface area contributed by atoms with Crippen molar-refractivity contribution >= 4 is 27.6 Å². The normalized spacial score (nSPS) is 18.3. The highest BCUT2D eigenvalue weighted by molar-refractivity contribution is 5.86. The van der Waals surface area contributed by atoms with Crippen LogP contribution in [0.2, 0.25) is 0 Å². The highest BCUT2D eigenvalue weighted by Gasteiger charge is 2.33. The molecule has 2 aliphatic carbocycles. The number of hydrogen-bond donors (Lipinski definition) is 0. The summed E-state index contributed by atoms with van der Waals surface area (Å²) in [5.41, 5.74) is 3.03. The van der Waals surface area contributed by atoms with E-state index >= 15 is 0 Å². The predicted octanol–water partition coefficient (Wildman–Crippen LogP) is 6.18. The van der Waals surface area contributed by atoms with E-state index in [1.165, 1.54) is 28.9 Å². The molecule has 8 rings (SSSR count). The summed E-state index contributed by atoms with van der Waals surface area (Å²) < 4.78 is 40.8. The number of aromatic nitrogens is 8. The molecule has 2 fully saturated rings. The van der Waals surface area contributed by atoms with E-state index in [9.17, 15) is 13.6 Å². The van der Waals surface area contributed by atoms with Gasteiger partial charge in [-0.25, -0.2) is 8.78 Å². The van der Waals surface area contributed by atoms with Gasteiger partial charge in [0.2, 0.25) is 11.8 Å². The molecule has 0 bridgehead atoms. The van der Waals surface area contributed by atoms with Gasteiger partial charge in [0.1, 0.15) is 17.4 Å². The zero-order valence-electron chi connectivity index (χ0n) is 24.5. The third kappa shape index (κ3) is 4.95. The van der Waals surface area contributed by atoms with Gasteiger partial charge in [0, 0.05) is 41.7 Å². The van der Waals surface area contributed by atoms with Crippen molar-refractivity contribution < 1.29 is 22.6 Å². The Hall–Kier alpha value is -4.81. The number of fused-ring (bicyclic) bond motifs is 2. The van der Waals surface area contributed by atoms with Crippen molar-refractivity contribution in [2.75, 3.05) is 0 Å². The lowest BCUT2D eigenvalue weighted by atomic mass is 9.76. The second kappa shape index (κ2) is 11.0. The zero-order valence-corrected chi connectivity index (χ0v) is 24.5. The molecule has 6 aromatic rings. The van der Waals surface area contributed by atoms with Crippen LogP contribution < -0.4 is 0 Å². The fraction of sp³-hybridized carbons (Fsp3) is 0.387. The van der Waals surface area contributed by atoms with Gasteiger partial charge in [-0.05, 0) is 66.2 Å². The van der Waals surface area contributed by atoms with Crippen LogP contribution in [-0.2, 0) is 17.6 Å². The largest absolute Gasteiger partial charge is 0.337 e. The van der Waals surface area contributed by atoms with Crippen LogP contribution in [0.5, 0.6) is 0 Å². The molecule has 0 radical (unpaired) electrons. The van der Waals surface area contributed by atoms with E-state index in [2.05, 4.69) is 37.4 Å². The number of benzene rings is 2. The van der Waals surface area contributed by atoms with E-state index in [0.717, 1.165) is 47.8 Å². The molecule has 0 aliphatic heterocycles. The second-order valence-electron chi connectivity index (χ2n) is 11.5. The van der Waals surface area contributed by atoms with E-state index in [4.69, 9.17) is 9.05 Å². The monoisotopic (exact) mass is 600 g/mol. The molecule has 0 spiro atoms. The molecule has 0 atom stereocenters. The molecule has 0 unspecified atom stereocenters. The maximum absolute atomic E-state index is 13.6. The summed E-state index contributed by atoms with van der Waals surface area (Å²) in [7, 11) is 0. The highest BCUT2D eigenvalue weighted by Crippen LogP contribution is 2.40. The molecule has 4 heterocycles. The Balaban J connectivity index is 0.000000142. The minimum Gasteiger partial charge on any atom is -0.337 e. The first-order valence-electron chi connectivity index (χ1n) is 14.8. The van der Waals surface area contributed by atoms with Gasteiger partial charge in [0.05, 0.1) is 28.3 Å². The lowest BCUT2D eigenvalue weighted by molar-refractivity contribution is -0.125. The van der Waals surface area contributed by atoms with Crippen molar-refractivity contribution in [2.24, 2.45) is 5.92 Å². The average Bonchev–Trinajstić information content (AvgIpc) is 3.78. The minimum absolute atomic E-state index is 0.00189. The number of hydrogen-bond acceptors (Lipinski definition) is 9. The number of Topliss-reactive ketones (excluding diaryl/α,β-unsaturated/α-hetero) is 1. The third-order valence-electron chi connectivity index (χ3n) is 8.37. The van der Waals surface area contributed by atoms with Crippen LogP contribution in [0, 0.1) is 17.6 Å². The van der Waals surface area contributed by atoms with Crippen LogP contribution in [0.3, 0.4) is 0 Å². The van der Waals surface area contributed by atoms with Gasteiger partial charge in [-0.3, -0.25) is 4.79 Å². The smallest absolute Gasteiger partial charge is 0.291 e. The summed E-state index contributed by atoms with van der Waals surface area (Å²) in [6.07, 6.45) is 4.52. The van der Waals surface area contributed by atoms with Gasteiger partial charge < -0.3 is 9.05 Å². The lowest BCUT2D eigenvalue weighted by Gasteiger charge is -2.29. The van der Waals surface area contributed by atoms with E-state index < -0.39 is 0 Å². The van der Waals surface area contributed by atoms with Gasteiger partial charge in [-0.15, -0.1) is 0 Å². The number of carbonyl (C=O) groups is 1. The molecule has 0 amide bonds. The molecule has 226 valence electrons. The van der Waals surface area contributed by atoms with Crippen LogP contribution in [0.1, 0.15) is 81.5 Å². The average molecular weight is 601 g/mol. The third-order valence-corrected chi connectivity index (χ3v) is 8.37. The fourth-order valence-electron chi connectivity index (χ4n) is 5.86. The molecule has 2 saturated carbocycles. The summed E-state index contributed by atoms with van der Waals surface area (Å²) in [5, 5.41) is 18.7. The first-order valence-corrected chi connectivity index (χ1v) is 14.8. The summed E-state index contributed by atoms with van der Waals surface area (Å²) in [5.74, 6) is 2.36. The Morgan fingerprint density at radius 1 is 0.773 bits per heavy atom. The standard InChI is InChI=1S/C16H17FN4O.C15H13FN4O2/c1-3-13-12-5-4-11(17)8-14(12)21(19-13)16-18-15(22-20-16)10-6-9(2)7-10;1-2-12-11-4-3-9(16)7-13(11)20(18-12)15-17-14(22-19-15)8-5-10(21)6-8/h4-5,8-10H,3,6-7H2,1-2H3;3-4,7-8H,2,5-6H2,1H3. The Morgan fingerprint density at radius 3 is 1.68 bits per heavy atom. The van der Waals surface area contributed by atoms with Gasteiger partial charge in [-0.1, -0.05) is 20.8 Å². The van der Waals surface area contributed by atoms with Gasteiger partial charge >= 0.3 is 0 Å². The van der Waals surface area contributed by atoms with E-state index in [1.807, 2.05) is 13.8 Å². The predicted molar refractivity (Wildman–Crippen MR) is 155 cm³/mol. The molecule has 44 heavy (non-hydrogen) atoms. The van der Waals surface area contributed by atoms with Gasteiger partial charge in [-0.2, -0.15) is 29.5 Å². The molecule has 0 saturated heterocycles. The summed E-state index contributed by atoms with van der Waals surface area (Å²) in [6.45, 7) is 6.22. The van der Waals surface area contributed by atoms with Crippen LogP contribution in [0.15, 0.2) is 45.4 Å². The Kier molecular flexibility index (Phi) is 7.02. The van der Waals surface area contributed by atoms with Gasteiger partial charge in [0.25, 0.3) is 11.9 Å². The van der Waals surface area contributed by atoms with Crippen molar-refractivity contribution in [1.82, 2.24) is 39.8 Å².